The second-order valence-electron chi connectivity index (χ2n) is 7.53. The summed E-state index contributed by atoms with van der Waals surface area (Å²) in [7, 11) is 0. The number of aliphatic hydroxyl groups is 5. The van der Waals surface area contributed by atoms with Crippen molar-refractivity contribution in [2.75, 3.05) is 6.61 Å². The molecule has 6 atom stereocenters. The lowest BCUT2D eigenvalue weighted by Crippen LogP contribution is -2.60. The molecule has 0 unspecified atom stereocenters. The van der Waals surface area contributed by atoms with E-state index in [-0.39, 0.29) is 12.2 Å². The molecule has 1 fully saturated rings. The van der Waals surface area contributed by atoms with Crippen LogP contribution >= 0.6 is 0 Å². The van der Waals surface area contributed by atoms with E-state index >= 15 is 0 Å². The molecule has 1 aliphatic rings. The summed E-state index contributed by atoms with van der Waals surface area (Å²) in [6, 6.07) is 5.69. The first kappa shape index (κ1) is 24.5. The van der Waals surface area contributed by atoms with Crippen molar-refractivity contribution in [3.63, 3.8) is 0 Å². The Morgan fingerprint density at radius 3 is 2.24 bits per heavy atom. The third kappa shape index (κ3) is 4.95. The zero-order chi connectivity index (χ0) is 24.4. The zero-order valence-corrected chi connectivity index (χ0v) is 17.0. The van der Waals surface area contributed by atoms with Gasteiger partial charge in [0.05, 0.1) is 12.2 Å². The molecule has 12 nitrogen and oxygen atoms in total. The Balaban J connectivity index is 1.82. The predicted octanol–water partition coefficient (Wildman–Crippen LogP) is -1.53. The molecule has 2 aromatic carbocycles. The highest BCUT2D eigenvalue weighted by atomic mass is 16.7. The molecular weight excluding hydrogens is 444 g/mol. The molecule has 12 heteroatoms. The second-order valence-corrected chi connectivity index (χ2v) is 7.53. The van der Waals surface area contributed by atoms with Crippen LogP contribution in [0.3, 0.4) is 0 Å². The van der Waals surface area contributed by atoms with Crippen LogP contribution in [-0.2, 0) is 11.2 Å². The van der Waals surface area contributed by atoms with Gasteiger partial charge in [-0.1, -0.05) is 6.07 Å². The van der Waals surface area contributed by atoms with E-state index in [1.165, 1.54) is 12.1 Å². The summed E-state index contributed by atoms with van der Waals surface area (Å²) in [5.41, 5.74) is -0.148. The van der Waals surface area contributed by atoms with Crippen LogP contribution in [0.2, 0.25) is 0 Å². The summed E-state index contributed by atoms with van der Waals surface area (Å²) in [6.45, 7) is -0.736. The SMILES string of the molecule is O=C(c1ccc(O)c(O[C@@H]2O[C@@H](CO)[C@@H](O)[C@@H](O)[C@H]2O)c1O)[C@H](O)Cc1ccc(O)c(O)c1. The number of aromatic hydroxyl groups is 4. The number of phenolic OH excluding ortho intramolecular Hbond substituents is 4. The van der Waals surface area contributed by atoms with E-state index < -0.39 is 77.8 Å². The number of ketones is 1. The van der Waals surface area contributed by atoms with Gasteiger partial charge in [-0.15, -0.1) is 0 Å². The standard InChI is InChI=1S/C21H24O12/c22-7-14-17(29)18(30)19(31)21(32-14)33-20-11(24)4-2-9(16(20)28)15(27)13(26)6-8-1-3-10(23)12(25)5-8/h1-5,13-14,17-19,21-26,28-31H,6-7H2/t13-,14+,17-,18-,19-,21+/m1/s1. The van der Waals surface area contributed by atoms with Gasteiger partial charge in [0.15, 0.2) is 28.8 Å². The minimum Gasteiger partial charge on any atom is -0.504 e. The van der Waals surface area contributed by atoms with Gasteiger partial charge in [-0.3, -0.25) is 4.79 Å². The highest BCUT2D eigenvalue weighted by Crippen LogP contribution is 2.41. The molecule has 0 spiro atoms. The summed E-state index contributed by atoms with van der Waals surface area (Å²) in [5.74, 6) is -4.08. The summed E-state index contributed by atoms with van der Waals surface area (Å²) in [6.07, 6.45) is -10.3. The second kappa shape index (κ2) is 9.79. The molecule has 0 amide bonds. The lowest BCUT2D eigenvalue weighted by molar-refractivity contribution is -0.277. The highest BCUT2D eigenvalue weighted by molar-refractivity contribution is 6.02. The summed E-state index contributed by atoms with van der Waals surface area (Å²) in [5, 5.41) is 88.8. The van der Waals surface area contributed by atoms with Gasteiger partial charge < -0.3 is 55.4 Å². The number of carbonyl (C=O) groups excluding carboxylic acids is 1. The van der Waals surface area contributed by atoms with Crippen molar-refractivity contribution in [1.82, 2.24) is 0 Å². The van der Waals surface area contributed by atoms with Crippen LogP contribution in [0.4, 0.5) is 0 Å². The molecule has 0 saturated carbocycles. The van der Waals surface area contributed by atoms with Crippen LogP contribution in [0.5, 0.6) is 28.7 Å². The molecule has 1 aliphatic heterocycles. The molecule has 180 valence electrons. The van der Waals surface area contributed by atoms with Crippen LogP contribution in [0.1, 0.15) is 15.9 Å². The maximum Gasteiger partial charge on any atom is 0.229 e. The van der Waals surface area contributed by atoms with Crippen molar-refractivity contribution >= 4 is 5.78 Å². The Kier molecular flexibility index (Phi) is 7.27. The van der Waals surface area contributed by atoms with E-state index in [1.807, 2.05) is 0 Å². The highest BCUT2D eigenvalue weighted by Gasteiger charge is 2.45. The van der Waals surface area contributed by atoms with E-state index in [4.69, 9.17) is 9.47 Å². The lowest BCUT2D eigenvalue weighted by atomic mass is 9.98. The molecule has 2 aromatic rings. The molecule has 0 bridgehead atoms. The van der Waals surface area contributed by atoms with Crippen LogP contribution in [0.15, 0.2) is 30.3 Å². The Morgan fingerprint density at radius 2 is 1.61 bits per heavy atom. The van der Waals surface area contributed by atoms with Crippen LogP contribution in [0.25, 0.3) is 0 Å². The number of Topliss-reactive ketones (excluding diaryl/α,β-unsaturated/α-hetero) is 1. The molecular formula is C21H24O12. The first-order valence-corrected chi connectivity index (χ1v) is 9.80. The summed E-state index contributed by atoms with van der Waals surface area (Å²) in [4.78, 5) is 12.7. The van der Waals surface area contributed by atoms with Crippen LogP contribution in [-0.4, -0.2) is 95.2 Å². The predicted molar refractivity (Wildman–Crippen MR) is 108 cm³/mol. The number of hydrogen-bond donors (Lipinski definition) is 9. The number of aliphatic hydroxyl groups excluding tert-OH is 5. The van der Waals surface area contributed by atoms with Gasteiger partial charge >= 0.3 is 0 Å². The van der Waals surface area contributed by atoms with E-state index in [2.05, 4.69) is 0 Å². The van der Waals surface area contributed by atoms with Crippen molar-refractivity contribution in [3.05, 3.63) is 41.5 Å². The van der Waals surface area contributed by atoms with Gasteiger partial charge in [0.1, 0.15) is 30.5 Å². The molecule has 0 radical (unpaired) electrons. The van der Waals surface area contributed by atoms with Crippen molar-refractivity contribution in [2.24, 2.45) is 0 Å². The quantitative estimate of drug-likeness (QED) is 0.167. The third-order valence-electron chi connectivity index (χ3n) is 5.23. The fourth-order valence-electron chi connectivity index (χ4n) is 3.35. The lowest BCUT2D eigenvalue weighted by Gasteiger charge is -2.39. The van der Waals surface area contributed by atoms with E-state index in [9.17, 15) is 50.8 Å². The van der Waals surface area contributed by atoms with Gasteiger partial charge in [-0.25, -0.2) is 0 Å². The maximum atomic E-state index is 12.7. The first-order valence-electron chi connectivity index (χ1n) is 9.80. The third-order valence-corrected chi connectivity index (χ3v) is 5.23. The largest absolute Gasteiger partial charge is 0.504 e. The first-order chi connectivity index (χ1) is 15.5. The average Bonchev–Trinajstić information content (AvgIpc) is 2.78. The van der Waals surface area contributed by atoms with E-state index in [0.29, 0.717) is 5.56 Å². The minimum absolute atomic E-state index is 0.282. The molecule has 1 heterocycles. The summed E-state index contributed by atoms with van der Waals surface area (Å²) >= 11 is 0. The van der Waals surface area contributed by atoms with Gasteiger partial charge in [0.2, 0.25) is 12.0 Å². The molecule has 3 rings (SSSR count). The van der Waals surface area contributed by atoms with E-state index in [1.54, 1.807) is 0 Å². The van der Waals surface area contributed by atoms with Gasteiger partial charge in [0, 0.05) is 6.42 Å². The van der Waals surface area contributed by atoms with Crippen molar-refractivity contribution < 1.29 is 60.2 Å². The smallest absolute Gasteiger partial charge is 0.229 e. The minimum atomic E-state index is -1.84. The van der Waals surface area contributed by atoms with Crippen LogP contribution < -0.4 is 4.74 Å². The molecule has 9 N–H and O–H groups in total. The zero-order valence-electron chi connectivity index (χ0n) is 17.0. The molecule has 0 aromatic heterocycles. The number of hydrogen-bond acceptors (Lipinski definition) is 12. The fraction of sp³-hybridized carbons (Fsp3) is 0.381. The number of carbonyl (C=O) groups is 1. The molecule has 1 saturated heterocycles. The van der Waals surface area contributed by atoms with Crippen molar-refractivity contribution in [3.8, 4) is 28.7 Å². The average molecular weight is 468 g/mol. The van der Waals surface area contributed by atoms with Gasteiger partial charge in [-0.05, 0) is 29.8 Å². The number of rotatable bonds is 7. The normalized spacial score (nSPS) is 26.0. The Hall–Kier alpha value is -3.13. The topological polar surface area (TPSA) is 218 Å². The van der Waals surface area contributed by atoms with Gasteiger partial charge in [0.25, 0.3) is 0 Å². The van der Waals surface area contributed by atoms with Gasteiger partial charge in [-0.2, -0.15) is 0 Å². The molecule has 33 heavy (non-hydrogen) atoms. The summed E-state index contributed by atoms with van der Waals surface area (Å²) < 4.78 is 10.4. The Bertz CT molecular complexity index is 1010. The van der Waals surface area contributed by atoms with Crippen molar-refractivity contribution in [2.45, 2.75) is 43.2 Å². The van der Waals surface area contributed by atoms with E-state index in [0.717, 1.165) is 18.2 Å². The van der Waals surface area contributed by atoms with Crippen molar-refractivity contribution in [1.29, 1.82) is 0 Å². The Morgan fingerprint density at radius 1 is 0.939 bits per heavy atom. The van der Waals surface area contributed by atoms with Crippen LogP contribution in [0, 0.1) is 0 Å². The fourth-order valence-corrected chi connectivity index (χ4v) is 3.35. The number of ether oxygens (including phenoxy) is 2. The molecule has 0 aliphatic carbocycles. The monoisotopic (exact) mass is 468 g/mol. The Labute approximate surface area is 186 Å². The number of phenols is 4. The maximum absolute atomic E-state index is 12.7. The number of benzene rings is 2.